The van der Waals surface area contributed by atoms with Crippen LogP contribution in [0.5, 0.6) is 5.75 Å². The number of likely N-dealkylation sites (tertiary alicyclic amines) is 1. The van der Waals surface area contributed by atoms with Gasteiger partial charge >= 0.3 is 7.41 Å². The number of ether oxygens (including phenoxy) is 1. The molecule has 1 saturated heterocycles. The van der Waals surface area contributed by atoms with Gasteiger partial charge in [0.2, 0.25) is 5.95 Å². The Morgan fingerprint density at radius 3 is 2.63 bits per heavy atom. The van der Waals surface area contributed by atoms with Crippen molar-refractivity contribution in [1.29, 1.82) is 5.26 Å². The summed E-state index contributed by atoms with van der Waals surface area (Å²) < 4.78 is 13.1. The van der Waals surface area contributed by atoms with Crippen LogP contribution in [0.1, 0.15) is 51.7 Å². The summed E-state index contributed by atoms with van der Waals surface area (Å²) >= 11 is 6.39. The van der Waals surface area contributed by atoms with Gasteiger partial charge in [0.05, 0.1) is 16.9 Å². The van der Waals surface area contributed by atoms with E-state index < -0.39 is 13.7 Å². The lowest BCUT2D eigenvalue weighted by molar-refractivity contribution is 0.115. The van der Waals surface area contributed by atoms with Crippen LogP contribution in [0, 0.1) is 11.3 Å². The van der Waals surface area contributed by atoms with Crippen molar-refractivity contribution >= 4 is 50.8 Å². The molecular weight excluding hydrogens is 615 g/mol. The van der Waals surface area contributed by atoms with E-state index in [1.807, 2.05) is 35.1 Å². The zero-order chi connectivity index (χ0) is 33.3. The molecule has 1 N–H and O–H groups in total. The van der Waals surface area contributed by atoms with Gasteiger partial charge in [-0.1, -0.05) is 39.3 Å². The third-order valence-corrected chi connectivity index (χ3v) is 14.3. The van der Waals surface area contributed by atoms with E-state index in [-0.39, 0.29) is 11.1 Å². The van der Waals surface area contributed by atoms with E-state index in [1.165, 1.54) is 7.41 Å². The lowest BCUT2D eigenvalue weighted by atomic mass is 9.83. The molecule has 1 atom stereocenters. The molecule has 2 aliphatic rings. The van der Waals surface area contributed by atoms with Crippen molar-refractivity contribution in [3.8, 4) is 23.1 Å². The Kier molecular flexibility index (Phi) is 9.85. The van der Waals surface area contributed by atoms with Gasteiger partial charge in [0.25, 0.3) is 0 Å². The number of nitrogens with zero attached hydrogens (tertiary/aromatic N) is 5. The monoisotopic (exact) mass is 657 g/mol. The van der Waals surface area contributed by atoms with Gasteiger partial charge in [-0.25, -0.2) is 9.97 Å². The maximum atomic E-state index is 11.6. The average molecular weight is 658 g/mol. The fourth-order valence-electron chi connectivity index (χ4n) is 5.74. The molecule has 0 aliphatic carbocycles. The molecule has 241 valence electrons. The number of fused-ring (bicyclic) bond motifs is 1. The lowest BCUT2D eigenvalue weighted by Crippen LogP contribution is -2.46. The SMILES string of the molecule is CN1CCC(Oc2ccc(Cl)cc2Nc2nccc(-c3cc(C#N)c4c(c3)C(C)(CO[Si](C)(C)C(C)(C)C)CN4[B]C=O)n2)CC1. The van der Waals surface area contributed by atoms with Crippen LogP contribution < -0.4 is 14.9 Å². The maximum Gasteiger partial charge on any atom is 0.329 e. The van der Waals surface area contributed by atoms with Crippen molar-refractivity contribution in [3.63, 3.8) is 0 Å². The highest BCUT2D eigenvalue weighted by Crippen LogP contribution is 2.46. The molecule has 1 fully saturated rings. The molecule has 12 heteroatoms. The number of hydrogen-bond donors (Lipinski definition) is 1. The normalized spacial score (nSPS) is 19.0. The third-order valence-electron chi connectivity index (χ3n) is 9.58. The summed E-state index contributed by atoms with van der Waals surface area (Å²) in [5, 5.41) is 14.2. The molecule has 46 heavy (non-hydrogen) atoms. The van der Waals surface area contributed by atoms with Crippen molar-refractivity contribution in [2.75, 3.05) is 43.4 Å². The zero-order valence-corrected chi connectivity index (χ0v) is 29.6. The Balaban J connectivity index is 1.47. The zero-order valence-electron chi connectivity index (χ0n) is 27.9. The van der Waals surface area contributed by atoms with E-state index >= 15 is 0 Å². The summed E-state index contributed by atoms with van der Waals surface area (Å²) in [6.07, 6.45) is 4.48. The van der Waals surface area contributed by atoms with Gasteiger partial charge in [-0.3, -0.25) is 0 Å². The highest BCUT2D eigenvalue weighted by atomic mass is 35.5. The minimum absolute atomic E-state index is 0.0461. The first kappa shape index (κ1) is 33.9. The van der Waals surface area contributed by atoms with E-state index in [1.54, 1.807) is 6.20 Å². The standard InChI is InChI=1S/C34H43BClN6O3Si/c1-33(2,3)46(6,7)44-21-34(4)20-42(35-22-43)31-24(19-37)16-23(17-27(31)34)28-10-13-38-32(39-28)40-29-18-25(36)8-9-30(29)45-26-11-14-41(5)15-12-26/h8-10,13,16-18,22,26H,11-12,14-15,20-21H2,1-7H3,(H,38,39,40). The third kappa shape index (κ3) is 7.26. The number of carbonyl (C=O) groups excluding carboxylic acids is 1. The van der Waals surface area contributed by atoms with Gasteiger partial charge < -0.3 is 29.0 Å². The molecule has 1 unspecified atom stereocenters. The Bertz CT molecular complexity index is 1640. The van der Waals surface area contributed by atoms with Crippen molar-refractivity contribution in [3.05, 3.63) is 58.7 Å². The second-order valence-electron chi connectivity index (χ2n) is 14.2. The average Bonchev–Trinajstić information content (AvgIpc) is 3.29. The van der Waals surface area contributed by atoms with Gasteiger partial charge in [-0.2, -0.15) is 5.26 Å². The predicted molar refractivity (Wildman–Crippen MR) is 188 cm³/mol. The van der Waals surface area contributed by atoms with E-state index in [0.717, 1.165) is 48.9 Å². The van der Waals surface area contributed by atoms with Gasteiger partial charge in [-0.05, 0) is 80.0 Å². The summed E-state index contributed by atoms with van der Waals surface area (Å²) in [6.45, 7) is 16.2. The van der Waals surface area contributed by atoms with Crippen LogP contribution in [-0.2, 0) is 14.6 Å². The molecule has 1 radical (unpaired) electrons. The number of nitrogens with one attached hydrogen (secondary N) is 1. The van der Waals surface area contributed by atoms with Crippen LogP contribution in [0.15, 0.2) is 42.6 Å². The quantitative estimate of drug-likeness (QED) is 0.186. The summed E-state index contributed by atoms with van der Waals surface area (Å²) in [7, 11) is 1.56. The predicted octanol–water partition coefficient (Wildman–Crippen LogP) is 6.79. The first-order chi connectivity index (χ1) is 21.7. The number of rotatable bonds is 10. The number of carbonyl (C=O) groups is 1. The first-order valence-electron chi connectivity index (χ1n) is 15.8. The number of anilines is 3. The smallest absolute Gasteiger partial charge is 0.329 e. The van der Waals surface area contributed by atoms with Gasteiger partial charge in [0.15, 0.2) is 8.32 Å². The highest BCUT2D eigenvalue weighted by Gasteiger charge is 2.44. The van der Waals surface area contributed by atoms with Crippen LogP contribution in [0.2, 0.25) is 23.2 Å². The maximum absolute atomic E-state index is 11.6. The van der Waals surface area contributed by atoms with E-state index in [9.17, 15) is 10.1 Å². The first-order valence-corrected chi connectivity index (χ1v) is 19.0. The number of aromatic nitrogens is 2. The largest absolute Gasteiger partial charge is 0.488 e. The summed E-state index contributed by atoms with van der Waals surface area (Å²) in [5.74, 6) is 1.08. The van der Waals surface area contributed by atoms with Gasteiger partial charge in [0.1, 0.15) is 24.1 Å². The molecule has 9 nitrogen and oxygen atoms in total. The molecule has 5 rings (SSSR count). The van der Waals surface area contributed by atoms with Gasteiger partial charge in [-0.15, -0.1) is 0 Å². The van der Waals surface area contributed by atoms with Crippen LogP contribution in [0.4, 0.5) is 17.3 Å². The van der Waals surface area contributed by atoms with Gasteiger partial charge in [0, 0.05) is 54.1 Å². The molecule has 3 heterocycles. The molecule has 0 saturated carbocycles. The molecule has 2 aromatic carbocycles. The number of piperidine rings is 1. The number of halogens is 1. The Labute approximate surface area is 279 Å². The number of benzene rings is 2. The summed E-state index contributed by atoms with van der Waals surface area (Å²) in [4.78, 5) is 25.1. The minimum atomic E-state index is -2.07. The molecule has 1 aromatic heterocycles. The lowest BCUT2D eigenvalue weighted by Gasteiger charge is -2.39. The second kappa shape index (κ2) is 13.4. The van der Waals surface area contributed by atoms with Crippen molar-refractivity contribution < 1.29 is 14.0 Å². The molecule has 0 amide bonds. The molecule has 0 spiro atoms. The topological polar surface area (TPSA) is 104 Å². The minimum Gasteiger partial charge on any atom is -0.488 e. The number of hydrogen-bond acceptors (Lipinski definition) is 9. The van der Waals surface area contributed by atoms with E-state index in [4.69, 9.17) is 25.7 Å². The number of nitriles is 1. The van der Waals surface area contributed by atoms with Crippen molar-refractivity contribution in [1.82, 2.24) is 14.9 Å². The fourth-order valence-corrected chi connectivity index (χ4v) is 7.03. The molecule has 0 bridgehead atoms. The van der Waals surface area contributed by atoms with E-state index in [2.05, 4.69) is 75.2 Å². The highest BCUT2D eigenvalue weighted by molar-refractivity contribution is 6.74. The Morgan fingerprint density at radius 1 is 1.22 bits per heavy atom. The summed E-state index contributed by atoms with van der Waals surface area (Å²) in [5.41, 5.74) is 3.82. The molecule has 3 aromatic rings. The van der Waals surface area contributed by atoms with Crippen molar-refractivity contribution in [2.45, 2.75) is 70.2 Å². The fraction of sp³-hybridized carbons (Fsp3) is 0.471. The molecular formula is C34H43BClN6O3Si. The molecule has 2 aliphatic heterocycles. The Hall–Kier alpha value is -3.43. The van der Waals surface area contributed by atoms with Crippen molar-refractivity contribution in [2.24, 2.45) is 0 Å². The van der Waals surface area contributed by atoms with Crippen LogP contribution in [-0.4, -0.2) is 76.2 Å². The van der Waals surface area contributed by atoms with Crippen LogP contribution >= 0.6 is 11.6 Å². The van der Waals surface area contributed by atoms with E-state index in [0.29, 0.717) is 46.8 Å². The Morgan fingerprint density at radius 2 is 1.96 bits per heavy atom. The summed E-state index contributed by atoms with van der Waals surface area (Å²) in [6, 6.07) is 13.6. The van der Waals surface area contributed by atoms with Crippen LogP contribution in [0.25, 0.3) is 11.3 Å². The second-order valence-corrected chi connectivity index (χ2v) is 19.5. The van der Waals surface area contributed by atoms with Crippen LogP contribution in [0.3, 0.4) is 0 Å².